The van der Waals surface area contributed by atoms with Gasteiger partial charge in [0.05, 0.1) is 18.7 Å². The SMILES string of the molecule is CCc1ccc(C2CC(c3ccco3)=NN2C(=O)CCC(=O)O)cc1. The Balaban J connectivity index is 1.86. The summed E-state index contributed by atoms with van der Waals surface area (Å²) >= 11 is 0. The molecule has 6 heteroatoms. The molecular formula is C19H20N2O4. The van der Waals surface area contributed by atoms with E-state index in [0.29, 0.717) is 17.9 Å². The zero-order valence-electron chi connectivity index (χ0n) is 14.0. The zero-order valence-corrected chi connectivity index (χ0v) is 14.0. The molecule has 2 aromatic rings. The lowest BCUT2D eigenvalue weighted by molar-refractivity contribution is -0.141. The molecule has 0 spiro atoms. The number of carboxylic acid groups (broad SMARTS) is 1. The largest absolute Gasteiger partial charge is 0.481 e. The van der Waals surface area contributed by atoms with Crippen LogP contribution in [-0.2, 0) is 16.0 Å². The lowest BCUT2D eigenvalue weighted by atomic mass is 9.99. The molecule has 0 fully saturated rings. The molecule has 25 heavy (non-hydrogen) atoms. The van der Waals surface area contributed by atoms with Crippen molar-refractivity contribution in [3.05, 3.63) is 59.5 Å². The van der Waals surface area contributed by atoms with Gasteiger partial charge in [-0.25, -0.2) is 5.01 Å². The fraction of sp³-hybridized carbons (Fsp3) is 0.316. The van der Waals surface area contributed by atoms with Gasteiger partial charge in [0.25, 0.3) is 0 Å². The molecule has 1 aromatic carbocycles. The molecule has 0 aliphatic carbocycles. The number of nitrogens with zero attached hydrogens (tertiary/aromatic N) is 2. The topological polar surface area (TPSA) is 83.1 Å². The van der Waals surface area contributed by atoms with Gasteiger partial charge < -0.3 is 9.52 Å². The van der Waals surface area contributed by atoms with Gasteiger partial charge in [-0.2, -0.15) is 5.10 Å². The Hall–Kier alpha value is -2.89. The minimum atomic E-state index is -0.994. The molecule has 0 radical (unpaired) electrons. The van der Waals surface area contributed by atoms with Crippen LogP contribution in [0.15, 0.2) is 52.2 Å². The molecule has 1 aliphatic rings. The van der Waals surface area contributed by atoms with E-state index in [4.69, 9.17) is 9.52 Å². The number of aliphatic carboxylic acids is 1. The predicted octanol–water partition coefficient (Wildman–Crippen LogP) is 3.38. The van der Waals surface area contributed by atoms with Gasteiger partial charge in [0.15, 0.2) is 0 Å². The van der Waals surface area contributed by atoms with Crippen LogP contribution in [0.25, 0.3) is 0 Å². The maximum absolute atomic E-state index is 12.5. The van der Waals surface area contributed by atoms with Crippen LogP contribution in [0.1, 0.15) is 49.1 Å². The first kappa shape index (κ1) is 17.0. The molecule has 0 saturated carbocycles. The summed E-state index contributed by atoms with van der Waals surface area (Å²) in [5, 5.41) is 14.7. The van der Waals surface area contributed by atoms with Crippen molar-refractivity contribution < 1.29 is 19.1 Å². The molecule has 1 aromatic heterocycles. The van der Waals surface area contributed by atoms with Crippen LogP contribution in [0.2, 0.25) is 0 Å². The molecule has 130 valence electrons. The van der Waals surface area contributed by atoms with Crippen LogP contribution >= 0.6 is 0 Å². The Labute approximate surface area is 145 Å². The van der Waals surface area contributed by atoms with Crippen molar-refractivity contribution in [2.24, 2.45) is 5.10 Å². The molecule has 1 N–H and O–H groups in total. The van der Waals surface area contributed by atoms with Crippen LogP contribution in [0.5, 0.6) is 0 Å². The number of rotatable bonds is 6. The highest BCUT2D eigenvalue weighted by Gasteiger charge is 2.33. The lowest BCUT2D eigenvalue weighted by Crippen LogP contribution is -2.27. The monoisotopic (exact) mass is 340 g/mol. The Bertz CT molecular complexity index is 778. The highest BCUT2D eigenvalue weighted by molar-refractivity contribution is 6.01. The minimum Gasteiger partial charge on any atom is -0.481 e. The number of furan rings is 1. The van der Waals surface area contributed by atoms with E-state index in [1.807, 2.05) is 24.3 Å². The summed E-state index contributed by atoms with van der Waals surface area (Å²) in [6.07, 6.45) is 2.77. The van der Waals surface area contributed by atoms with Crippen molar-refractivity contribution in [1.82, 2.24) is 5.01 Å². The van der Waals surface area contributed by atoms with Crippen LogP contribution in [0.3, 0.4) is 0 Å². The molecule has 1 unspecified atom stereocenters. The highest BCUT2D eigenvalue weighted by atomic mass is 16.4. The average Bonchev–Trinajstić information content (AvgIpc) is 3.29. The van der Waals surface area contributed by atoms with Crippen molar-refractivity contribution >= 4 is 17.6 Å². The fourth-order valence-electron chi connectivity index (χ4n) is 2.90. The van der Waals surface area contributed by atoms with Crippen molar-refractivity contribution in [1.29, 1.82) is 0 Å². The van der Waals surface area contributed by atoms with Crippen molar-refractivity contribution in [2.75, 3.05) is 0 Å². The number of aryl methyl sites for hydroxylation is 1. The van der Waals surface area contributed by atoms with E-state index in [0.717, 1.165) is 12.0 Å². The number of hydrogen-bond donors (Lipinski definition) is 1. The molecule has 1 amide bonds. The first-order chi connectivity index (χ1) is 12.1. The van der Waals surface area contributed by atoms with Gasteiger partial charge in [-0.1, -0.05) is 31.2 Å². The summed E-state index contributed by atoms with van der Waals surface area (Å²) in [6.45, 7) is 2.09. The third-order valence-electron chi connectivity index (χ3n) is 4.30. The summed E-state index contributed by atoms with van der Waals surface area (Å²) in [4.78, 5) is 23.3. The quantitative estimate of drug-likeness (QED) is 0.874. The van der Waals surface area contributed by atoms with Gasteiger partial charge in [-0.3, -0.25) is 9.59 Å². The van der Waals surface area contributed by atoms with Gasteiger partial charge in [-0.05, 0) is 29.7 Å². The lowest BCUT2D eigenvalue weighted by Gasteiger charge is -2.22. The van der Waals surface area contributed by atoms with Gasteiger partial charge in [0.1, 0.15) is 11.5 Å². The molecule has 1 atom stereocenters. The maximum Gasteiger partial charge on any atom is 0.303 e. The highest BCUT2D eigenvalue weighted by Crippen LogP contribution is 2.33. The zero-order chi connectivity index (χ0) is 17.8. The third-order valence-corrected chi connectivity index (χ3v) is 4.30. The fourth-order valence-corrected chi connectivity index (χ4v) is 2.90. The number of carbonyl (C=O) groups is 2. The average molecular weight is 340 g/mol. The predicted molar refractivity (Wildman–Crippen MR) is 92.1 cm³/mol. The summed E-state index contributed by atoms with van der Waals surface area (Å²) in [5.74, 6) is -0.663. The second kappa shape index (κ2) is 7.34. The minimum absolute atomic E-state index is 0.0756. The van der Waals surface area contributed by atoms with Gasteiger partial charge in [0, 0.05) is 12.8 Å². The van der Waals surface area contributed by atoms with Crippen LogP contribution < -0.4 is 0 Å². The number of carbonyl (C=O) groups excluding carboxylic acids is 1. The van der Waals surface area contributed by atoms with E-state index in [-0.39, 0.29) is 24.8 Å². The summed E-state index contributed by atoms with van der Waals surface area (Å²) in [6, 6.07) is 11.4. The van der Waals surface area contributed by atoms with Gasteiger partial charge in [-0.15, -0.1) is 0 Å². The standard InChI is InChI=1S/C19H20N2O4/c1-2-13-5-7-14(8-6-13)16-12-15(17-4-3-11-25-17)20-21(16)18(22)9-10-19(23)24/h3-8,11,16H,2,9-10,12H2,1H3,(H,23,24). The van der Waals surface area contributed by atoms with E-state index in [1.54, 1.807) is 18.4 Å². The Morgan fingerprint density at radius 3 is 2.60 bits per heavy atom. The van der Waals surface area contributed by atoms with Crippen molar-refractivity contribution in [3.63, 3.8) is 0 Å². The third kappa shape index (κ3) is 3.79. The molecule has 2 heterocycles. The molecule has 6 nitrogen and oxygen atoms in total. The number of carboxylic acids is 1. The molecule has 0 saturated heterocycles. The normalized spacial score (nSPS) is 16.8. The molecular weight excluding hydrogens is 320 g/mol. The Morgan fingerprint density at radius 1 is 1.24 bits per heavy atom. The van der Waals surface area contributed by atoms with Gasteiger partial charge >= 0.3 is 5.97 Å². The van der Waals surface area contributed by atoms with E-state index >= 15 is 0 Å². The van der Waals surface area contributed by atoms with Crippen molar-refractivity contribution in [3.8, 4) is 0 Å². The van der Waals surface area contributed by atoms with Gasteiger partial charge in [0.2, 0.25) is 5.91 Å². The maximum atomic E-state index is 12.5. The van der Waals surface area contributed by atoms with E-state index in [9.17, 15) is 9.59 Å². The van der Waals surface area contributed by atoms with E-state index < -0.39 is 5.97 Å². The Kier molecular flexibility index (Phi) is 4.97. The second-order valence-corrected chi connectivity index (χ2v) is 5.97. The van der Waals surface area contributed by atoms with Crippen LogP contribution in [-0.4, -0.2) is 27.7 Å². The number of hydrogen-bond acceptors (Lipinski definition) is 4. The summed E-state index contributed by atoms with van der Waals surface area (Å²) in [7, 11) is 0. The number of amides is 1. The molecule has 3 rings (SSSR count). The molecule has 1 aliphatic heterocycles. The van der Waals surface area contributed by atoms with Crippen LogP contribution in [0.4, 0.5) is 0 Å². The molecule has 0 bridgehead atoms. The van der Waals surface area contributed by atoms with E-state index in [2.05, 4.69) is 12.0 Å². The van der Waals surface area contributed by atoms with Crippen molar-refractivity contribution in [2.45, 2.75) is 38.6 Å². The number of benzene rings is 1. The first-order valence-corrected chi connectivity index (χ1v) is 8.32. The summed E-state index contributed by atoms with van der Waals surface area (Å²) in [5.41, 5.74) is 2.89. The Morgan fingerprint density at radius 2 is 2.00 bits per heavy atom. The smallest absolute Gasteiger partial charge is 0.303 e. The number of hydrazone groups is 1. The van der Waals surface area contributed by atoms with Crippen LogP contribution in [0, 0.1) is 0 Å². The first-order valence-electron chi connectivity index (χ1n) is 8.32. The van der Waals surface area contributed by atoms with E-state index in [1.165, 1.54) is 10.6 Å². The second-order valence-electron chi connectivity index (χ2n) is 5.97. The summed E-state index contributed by atoms with van der Waals surface area (Å²) < 4.78 is 5.40.